The third kappa shape index (κ3) is 7.05. The quantitative estimate of drug-likeness (QED) is 0.135. The van der Waals surface area contributed by atoms with Crippen LogP contribution in [0.5, 0.6) is 0 Å². The lowest BCUT2D eigenvalue weighted by atomic mass is 9.67. The van der Waals surface area contributed by atoms with Crippen molar-refractivity contribution in [2.24, 2.45) is 0 Å². The molecule has 0 saturated heterocycles. The molecule has 0 unspecified atom stereocenters. The maximum absolute atomic E-state index is 2.47. The van der Waals surface area contributed by atoms with Gasteiger partial charge in [0.1, 0.15) is 0 Å². The van der Waals surface area contributed by atoms with Crippen molar-refractivity contribution >= 4 is 55.9 Å². The molecule has 1 heterocycles. The number of fused-ring (bicyclic) bond motifs is 6. The molecule has 0 radical (unpaired) electrons. The molecule has 71 heavy (non-hydrogen) atoms. The molecule has 0 bridgehead atoms. The Bertz CT molecular complexity index is 3820. The van der Waals surface area contributed by atoms with E-state index in [1.165, 1.54) is 60.8 Å². The standard InChI is InChI=1S/C68H49N3/c1-48-35-38-56(39-36-48)69(53-25-11-4-12-26-53)58-43-50(49-37-42-67-63(45-49)62-32-18-20-34-66(62)71(67)55-29-15-6-16-30-55)44-59(46-58)70(54-27-13-5-14-28-54)57-40-41-61-60-31-17-19-33-64(60)68(65(61)47-57,51-21-7-2-8-22-51)52-23-9-3-10-24-52/h2-47H,1H3. The number of hydrogen-bond acceptors (Lipinski definition) is 2. The average Bonchev–Trinajstić information content (AvgIpc) is 3.94. The molecule has 0 amide bonds. The number of rotatable bonds is 10. The molecule has 1 aliphatic rings. The summed E-state index contributed by atoms with van der Waals surface area (Å²) in [5.41, 5.74) is 20.4. The van der Waals surface area contributed by atoms with Gasteiger partial charge in [0.05, 0.1) is 16.4 Å². The minimum atomic E-state index is -0.552. The summed E-state index contributed by atoms with van der Waals surface area (Å²) >= 11 is 0. The van der Waals surface area contributed by atoms with Gasteiger partial charge in [-0.1, -0.05) is 188 Å². The summed E-state index contributed by atoms with van der Waals surface area (Å²) in [6.07, 6.45) is 0. The van der Waals surface area contributed by atoms with E-state index in [1.54, 1.807) is 0 Å². The number of anilines is 6. The van der Waals surface area contributed by atoms with Gasteiger partial charge >= 0.3 is 0 Å². The third-order valence-electron chi connectivity index (χ3n) is 14.5. The molecule has 0 aliphatic heterocycles. The fourth-order valence-corrected chi connectivity index (χ4v) is 11.3. The van der Waals surface area contributed by atoms with Crippen molar-refractivity contribution in [3.05, 3.63) is 307 Å². The van der Waals surface area contributed by atoms with Gasteiger partial charge < -0.3 is 14.4 Å². The number of aromatic nitrogens is 1. The second-order valence-corrected chi connectivity index (χ2v) is 18.6. The van der Waals surface area contributed by atoms with E-state index in [2.05, 4.69) is 300 Å². The van der Waals surface area contributed by atoms with E-state index in [9.17, 15) is 0 Å². The van der Waals surface area contributed by atoms with Crippen LogP contribution in [0.4, 0.5) is 34.1 Å². The molecular weight excluding hydrogens is 859 g/mol. The van der Waals surface area contributed by atoms with E-state index < -0.39 is 5.41 Å². The fraction of sp³-hybridized carbons (Fsp3) is 0.0294. The maximum atomic E-state index is 2.47. The van der Waals surface area contributed by atoms with Gasteiger partial charge in [-0.25, -0.2) is 0 Å². The summed E-state index contributed by atoms with van der Waals surface area (Å²) < 4.78 is 2.39. The Labute approximate surface area is 415 Å². The zero-order valence-corrected chi connectivity index (χ0v) is 39.4. The Morgan fingerprint density at radius 2 is 0.803 bits per heavy atom. The van der Waals surface area contributed by atoms with Crippen LogP contribution in [0.3, 0.4) is 0 Å². The first-order valence-electron chi connectivity index (χ1n) is 24.5. The summed E-state index contributed by atoms with van der Waals surface area (Å²) in [6, 6.07) is 102. The van der Waals surface area contributed by atoms with Crippen molar-refractivity contribution in [3.8, 4) is 27.9 Å². The van der Waals surface area contributed by atoms with Gasteiger partial charge in [-0.3, -0.25) is 0 Å². The van der Waals surface area contributed by atoms with Gasteiger partial charge in [-0.2, -0.15) is 0 Å². The SMILES string of the molecule is Cc1ccc(N(c2ccccc2)c2cc(-c3ccc4c(c3)c3ccccc3n4-c3ccccc3)cc(N(c3ccccc3)c3ccc4c(c3)C(c3ccccc3)(c3ccccc3)c3ccccc3-4)c2)cc1. The van der Waals surface area contributed by atoms with Gasteiger partial charge in [0.15, 0.2) is 0 Å². The summed E-state index contributed by atoms with van der Waals surface area (Å²) in [7, 11) is 0. The Kier molecular flexibility index (Phi) is 10.3. The highest BCUT2D eigenvalue weighted by Crippen LogP contribution is 2.57. The minimum absolute atomic E-state index is 0.552. The van der Waals surface area contributed by atoms with Crippen molar-refractivity contribution in [2.45, 2.75) is 12.3 Å². The molecule has 0 fully saturated rings. The van der Waals surface area contributed by atoms with Crippen LogP contribution in [0.2, 0.25) is 0 Å². The highest BCUT2D eigenvalue weighted by molar-refractivity contribution is 6.10. The van der Waals surface area contributed by atoms with Crippen molar-refractivity contribution in [3.63, 3.8) is 0 Å². The predicted molar refractivity (Wildman–Crippen MR) is 298 cm³/mol. The normalized spacial score (nSPS) is 12.4. The number of nitrogens with zero attached hydrogens (tertiary/aromatic N) is 3. The molecule has 11 aromatic carbocycles. The zero-order chi connectivity index (χ0) is 47.3. The molecule has 336 valence electrons. The minimum Gasteiger partial charge on any atom is -0.310 e. The number of hydrogen-bond donors (Lipinski definition) is 0. The number of aryl methyl sites for hydroxylation is 1. The summed E-state index contributed by atoms with van der Waals surface area (Å²) in [5, 5.41) is 2.43. The summed E-state index contributed by atoms with van der Waals surface area (Å²) in [5.74, 6) is 0. The van der Waals surface area contributed by atoms with E-state index in [4.69, 9.17) is 0 Å². The smallest absolute Gasteiger partial charge is 0.0714 e. The summed E-state index contributed by atoms with van der Waals surface area (Å²) in [4.78, 5) is 4.85. The van der Waals surface area contributed by atoms with Crippen molar-refractivity contribution < 1.29 is 0 Å². The second kappa shape index (κ2) is 17.4. The van der Waals surface area contributed by atoms with Crippen molar-refractivity contribution in [1.29, 1.82) is 0 Å². The van der Waals surface area contributed by atoms with Gasteiger partial charge in [0.25, 0.3) is 0 Å². The highest BCUT2D eigenvalue weighted by Gasteiger charge is 2.46. The van der Waals surface area contributed by atoms with E-state index in [-0.39, 0.29) is 0 Å². The summed E-state index contributed by atoms with van der Waals surface area (Å²) in [6.45, 7) is 2.15. The van der Waals surface area contributed by atoms with Gasteiger partial charge in [0, 0.05) is 50.6 Å². The van der Waals surface area contributed by atoms with Crippen LogP contribution in [0.15, 0.2) is 279 Å². The van der Waals surface area contributed by atoms with Crippen LogP contribution < -0.4 is 9.80 Å². The van der Waals surface area contributed by atoms with Gasteiger partial charge in [0.2, 0.25) is 0 Å². The molecule has 3 heteroatoms. The van der Waals surface area contributed by atoms with E-state index >= 15 is 0 Å². The lowest BCUT2D eigenvalue weighted by molar-refractivity contribution is 0.768. The molecule has 1 aromatic heterocycles. The first-order valence-corrected chi connectivity index (χ1v) is 24.5. The third-order valence-corrected chi connectivity index (χ3v) is 14.5. The van der Waals surface area contributed by atoms with E-state index in [0.717, 1.165) is 50.9 Å². The lowest BCUT2D eigenvalue weighted by Gasteiger charge is -2.35. The first kappa shape index (κ1) is 42.0. The molecule has 13 rings (SSSR count). The van der Waals surface area contributed by atoms with Crippen molar-refractivity contribution in [1.82, 2.24) is 4.57 Å². The largest absolute Gasteiger partial charge is 0.310 e. The van der Waals surface area contributed by atoms with Crippen LogP contribution in [-0.4, -0.2) is 4.57 Å². The molecule has 3 nitrogen and oxygen atoms in total. The Balaban J connectivity index is 1.08. The van der Waals surface area contributed by atoms with Gasteiger partial charge in [-0.05, 0) is 148 Å². The maximum Gasteiger partial charge on any atom is 0.0714 e. The molecule has 1 aliphatic carbocycles. The molecule has 12 aromatic rings. The van der Waals surface area contributed by atoms with E-state index in [0.29, 0.717) is 0 Å². The van der Waals surface area contributed by atoms with Crippen LogP contribution in [0.25, 0.3) is 49.7 Å². The average molecular weight is 908 g/mol. The fourth-order valence-electron chi connectivity index (χ4n) is 11.3. The van der Waals surface area contributed by atoms with Crippen LogP contribution in [0.1, 0.15) is 27.8 Å². The highest BCUT2D eigenvalue weighted by atomic mass is 15.2. The zero-order valence-electron chi connectivity index (χ0n) is 39.4. The Hall–Kier alpha value is -9.18. The predicted octanol–water partition coefficient (Wildman–Crippen LogP) is 18.1. The Morgan fingerprint density at radius 3 is 1.45 bits per heavy atom. The van der Waals surface area contributed by atoms with E-state index in [1.807, 2.05) is 0 Å². The number of benzene rings is 11. The molecular formula is C68H49N3. The van der Waals surface area contributed by atoms with Crippen molar-refractivity contribution in [2.75, 3.05) is 9.80 Å². The Morgan fingerprint density at radius 1 is 0.310 bits per heavy atom. The number of para-hydroxylation sites is 4. The van der Waals surface area contributed by atoms with Gasteiger partial charge in [-0.15, -0.1) is 0 Å². The topological polar surface area (TPSA) is 11.4 Å². The van der Waals surface area contributed by atoms with Crippen LogP contribution in [0, 0.1) is 6.92 Å². The van der Waals surface area contributed by atoms with Crippen LogP contribution >= 0.6 is 0 Å². The first-order chi connectivity index (χ1) is 35.1. The second-order valence-electron chi connectivity index (χ2n) is 18.6. The molecule has 0 saturated carbocycles. The van der Waals surface area contributed by atoms with Crippen LogP contribution in [-0.2, 0) is 5.41 Å². The molecule has 0 atom stereocenters. The monoisotopic (exact) mass is 907 g/mol. The molecule has 0 N–H and O–H groups in total. The molecule has 0 spiro atoms. The lowest BCUT2D eigenvalue weighted by Crippen LogP contribution is -2.28.